The SMILES string of the molecule is CNC1CSC(CCCCC(=O)NCCN)C1NC=O. The number of carbonyl (C=O) groups excluding carboxylic acids is 2. The van der Waals surface area contributed by atoms with Crippen molar-refractivity contribution in [3.05, 3.63) is 0 Å². The molecule has 7 heteroatoms. The second-order valence-electron chi connectivity index (χ2n) is 4.96. The number of hydrogen-bond acceptors (Lipinski definition) is 5. The van der Waals surface area contributed by atoms with E-state index < -0.39 is 0 Å². The number of hydrogen-bond donors (Lipinski definition) is 4. The quantitative estimate of drug-likeness (QED) is 0.320. The van der Waals surface area contributed by atoms with Crippen LogP contribution in [0.4, 0.5) is 0 Å². The van der Waals surface area contributed by atoms with E-state index in [2.05, 4.69) is 16.0 Å². The van der Waals surface area contributed by atoms with Gasteiger partial charge in [-0.05, 0) is 19.9 Å². The van der Waals surface area contributed by atoms with Crippen molar-refractivity contribution in [3.63, 3.8) is 0 Å². The lowest BCUT2D eigenvalue weighted by molar-refractivity contribution is -0.121. The van der Waals surface area contributed by atoms with Crippen molar-refractivity contribution in [1.29, 1.82) is 0 Å². The van der Waals surface area contributed by atoms with Gasteiger partial charge in [-0.25, -0.2) is 0 Å². The van der Waals surface area contributed by atoms with E-state index in [4.69, 9.17) is 5.73 Å². The Hall–Kier alpha value is -0.790. The molecule has 1 fully saturated rings. The second kappa shape index (κ2) is 10.0. The molecular weight excluding hydrogens is 276 g/mol. The molecule has 0 aromatic heterocycles. The van der Waals surface area contributed by atoms with Gasteiger partial charge in [0.25, 0.3) is 0 Å². The first kappa shape index (κ1) is 17.3. The molecule has 0 bridgehead atoms. The third-order valence-electron chi connectivity index (χ3n) is 3.56. The Morgan fingerprint density at radius 1 is 1.45 bits per heavy atom. The van der Waals surface area contributed by atoms with Gasteiger partial charge in [0.05, 0.1) is 6.04 Å². The molecule has 20 heavy (non-hydrogen) atoms. The molecular formula is C13H26N4O2S. The van der Waals surface area contributed by atoms with Gasteiger partial charge in [-0.15, -0.1) is 0 Å². The van der Waals surface area contributed by atoms with Crippen molar-refractivity contribution in [2.24, 2.45) is 5.73 Å². The Morgan fingerprint density at radius 3 is 2.90 bits per heavy atom. The highest BCUT2D eigenvalue weighted by Crippen LogP contribution is 2.31. The predicted octanol–water partition coefficient (Wildman–Crippen LogP) is -0.560. The summed E-state index contributed by atoms with van der Waals surface area (Å²) in [4.78, 5) is 22.1. The average Bonchev–Trinajstić information content (AvgIpc) is 2.84. The molecule has 1 saturated heterocycles. The van der Waals surface area contributed by atoms with E-state index in [0.717, 1.165) is 31.4 Å². The molecule has 0 aliphatic carbocycles. The summed E-state index contributed by atoms with van der Waals surface area (Å²) in [5, 5.41) is 9.36. The molecule has 0 spiro atoms. The van der Waals surface area contributed by atoms with E-state index in [-0.39, 0.29) is 11.9 Å². The number of nitrogens with one attached hydrogen (secondary N) is 3. The molecule has 1 aliphatic rings. The summed E-state index contributed by atoms with van der Waals surface area (Å²) < 4.78 is 0. The summed E-state index contributed by atoms with van der Waals surface area (Å²) in [5.41, 5.74) is 5.33. The normalized spacial score (nSPS) is 25.4. The van der Waals surface area contributed by atoms with Crippen LogP contribution in [0.5, 0.6) is 0 Å². The number of rotatable bonds is 10. The monoisotopic (exact) mass is 302 g/mol. The van der Waals surface area contributed by atoms with E-state index in [1.165, 1.54) is 0 Å². The molecule has 2 amide bonds. The first-order chi connectivity index (χ1) is 9.72. The number of nitrogens with two attached hydrogens (primary N) is 1. The molecule has 1 heterocycles. The van der Waals surface area contributed by atoms with Crippen LogP contribution in [-0.2, 0) is 9.59 Å². The number of thioether (sulfide) groups is 1. The maximum absolute atomic E-state index is 11.4. The summed E-state index contributed by atoms with van der Waals surface area (Å²) in [5.74, 6) is 1.09. The molecule has 116 valence electrons. The molecule has 0 radical (unpaired) electrons. The van der Waals surface area contributed by atoms with E-state index in [0.29, 0.717) is 30.8 Å². The van der Waals surface area contributed by atoms with Gasteiger partial charge in [-0.1, -0.05) is 6.42 Å². The molecule has 3 unspecified atom stereocenters. The number of amides is 2. The minimum absolute atomic E-state index is 0.0743. The van der Waals surface area contributed by atoms with Gasteiger partial charge >= 0.3 is 0 Å². The van der Waals surface area contributed by atoms with Crippen LogP contribution in [-0.4, -0.2) is 55.5 Å². The van der Waals surface area contributed by atoms with Crippen molar-refractivity contribution in [3.8, 4) is 0 Å². The third-order valence-corrected chi connectivity index (χ3v) is 5.07. The largest absolute Gasteiger partial charge is 0.355 e. The lowest BCUT2D eigenvalue weighted by Crippen LogP contribution is -2.48. The fourth-order valence-corrected chi connectivity index (χ4v) is 4.09. The molecule has 1 rings (SSSR count). The van der Waals surface area contributed by atoms with E-state index in [1.54, 1.807) is 0 Å². The minimum atomic E-state index is 0.0743. The first-order valence-corrected chi connectivity index (χ1v) is 8.23. The van der Waals surface area contributed by atoms with Gasteiger partial charge in [0.2, 0.25) is 12.3 Å². The van der Waals surface area contributed by atoms with Crippen LogP contribution in [0.3, 0.4) is 0 Å². The molecule has 0 aromatic rings. The summed E-state index contributed by atoms with van der Waals surface area (Å²) in [6.45, 7) is 1.03. The molecule has 0 saturated carbocycles. The minimum Gasteiger partial charge on any atom is -0.355 e. The fraction of sp³-hybridized carbons (Fsp3) is 0.846. The van der Waals surface area contributed by atoms with Crippen molar-refractivity contribution in [2.75, 3.05) is 25.9 Å². The second-order valence-corrected chi connectivity index (χ2v) is 6.23. The Balaban J connectivity index is 2.20. The smallest absolute Gasteiger partial charge is 0.220 e. The van der Waals surface area contributed by atoms with Gasteiger partial charge in [0.1, 0.15) is 0 Å². The van der Waals surface area contributed by atoms with Gasteiger partial charge in [0, 0.05) is 36.6 Å². The Kier molecular flexibility index (Phi) is 8.64. The topological polar surface area (TPSA) is 96.2 Å². The molecule has 5 N–H and O–H groups in total. The van der Waals surface area contributed by atoms with Gasteiger partial charge in [-0.3, -0.25) is 9.59 Å². The molecule has 1 aliphatic heterocycles. The highest BCUT2D eigenvalue weighted by atomic mass is 32.2. The Labute approximate surface area is 125 Å². The van der Waals surface area contributed by atoms with E-state index >= 15 is 0 Å². The van der Waals surface area contributed by atoms with Gasteiger partial charge in [0.15, 0.2) is 0 Å². The maximum Gasteiger partial charge on any atom is 0.220 e. The van der Waals surface area contributed by atoms with Crippen LogP contribution in [0.1, 0.15) is 25.7 Å². The fourth-order valence-electron chi connectivity index (χ4n) is 2.45. The average molecular weight is 302 g/mol. The van der Waals surface area contributed by atoms with Crippen molar-refractivity contribution in [1.82, 2.24) is 16.0 Å². The maximum atomic E-state index is 11.4. The number of unbranched alkanes of at least 4 members (excludes halogenated alkanes) is 1. The van der Waals surface area contributed by atoms with Crippen LogP contribution in [0.15, 0.2) is 0 Å². The van der Waals surface area contributed by atoms with Gasteiger partial charge < -0.3 is 21.7 Å². The zero-order valence-electron chi connectivity index (χ0n) is 12.1. The van der Waals surface area contributed by atoms with Crippen LogP contribution in [0.2, 0.25) is 0 Å². The number of likely N-dealkylation sites (N-methyl/N-ethyl adjacent to an activating group) is 1. The number of carbonyl (C=O) groups is 2. The van der Waals surface area contributed by atoms with Crippen LogP contribution < -0.4 is 21.7 Å². The third kappa shape index (κ3) is 5.68. The van der Waals surface area contributed by atoms with E-state index in [1.807, 2.05) is 18.8 Å². The molecule has 6 nitrogen and oxygen atoms in total. The van der Waals surface area contributed by atoms with E-state index in [9.17, 15) is 9.59 Å². The highest BCUT2D eigenvalue weighted by Gasteiger charge is 2.35. The van der Waals surface area contributed by atoms with Crippen molar-refractivity contribution < 1.29 is 9.59 Å². The zero-order valence-corrected chi connectivity index (χ0v) is 12.9. The van der Waals surface area contributed by atoms with Crippen molar-refractivity contribution >= 4 is 24.1 Å². The summed E-state index contributed by atoms with van der Waals surface area (Å²) in [6.07, 6.45) is 4.25. The lowest BCUT2D eigenvalue weighted by atomic mass is 10.0. The lowest BCUT2D eigenvalue weighted by Gasteiger charge is -2.22. The summed E-state index contributed by atoms with van der Waals surface area (Å²) in [7, 11) is 1.93. The standard InChI is InChI=1S/C13H26N4O2S/c1-15-10-8-20-11(13(10)17-9-18)4-2-3-5-12(19)16-7-6-14/h9-11,13,15H,2-8,14H2,1H3,(H,16,19)(H,17,18). The van der Waals surface area contributed by atoms with Crippen LogP contribution >= 0.6 is 11.8 Å². The first-order valence-electron chi connectivity index (χ1n) is 7.18. The predicted molar refractivity (Wildman–Crippen MR) is 82.6 cm³/mol. The summed E-state index contributed by atoms with van der Waals surface area (Å²) >= 11 is 1.89. The van der Waals surface area contributed by atoms with Crippen LogP contribution in [0, 0.1) is 0 Å². The Morgan fingerprint density at radius 2 is 2.25 bits per heavy atom. The highest BCUT2D eigenvalue weighted by molar-refractivity contribution is 8.00. The Bertz CT molecular complexity index is 304. The van der Waals surface area contributed by atoms with Gasteiger partial charge in [-0.2, -0.15) is 11.8 Å². The van der Waals surface area contributed by atoms with Crippen molar-refractivity contribution in [2.45, 2.75) is 43.0 Å². The molecule has 0 aromatic carbocycles. The summed E-state index contributed by atoms with van der Waals surface area (Å²) in [6, 6.07) is 0.525. The molecule has 3 atom stereocenters. The van der Waals surface area contributed by atoms with Crippen LogP contribution in [0.25, 0.3) is 0 Å². The zero-order chi connectivity index (χ0) is 14.8.